The molecule has 1 saturated heterocycles. The highest BCUT2D eigenvalue weighted by Crippen LogP contribution is 2.27. The second kappa shape index (κ2) is 6.80. The summed E-state index contributed by atoms with van der Waals surface area (Å²) < 4.78 is 1.74. The Labute approximate surface area is 150 Å². The van der Waals surface area contributed by atoms with Crippen molar-refractivity contribution in [1.29, 1.82) is 0 Å². The van der Waals surface area contributed by atoms with Crippen LogP contribution < -0.4 is 10.2 Å². The summed E-state index contributed by atoms with van der Waals surface area (Å²) in [5.41, 5.74) is 0.793. The lowest BCUT2D eigenvalue weighted by atomic mass is 10.1. The van der Waals surface area contributed by atoms with Crippen LogP contribution in [0, 0.1) is 5.92 Å². The van der Waals surface area contributed by atoms with E-state index in [1.807, 2.05) is 24.3 Å². The third-order valence-electron chi connectivity index (χ3n) is 3.59. The number of nitrogens with one attached hydrogen (secondary N) is 1. The molecule has 0 bridgehead atoms. The Hall–Kier alpha value is -1.73. The predicted molar refractivity (Wildman–Crippen MR) is 95.2 cm³/mol. The fourth-order valence-electron chi connectivity index (χ4n) is 2.45. The smallest absolute Gasteiger partial charge is 0.230 e. The molecule has 1 aliphatic heterocycles. The van der Waals surface area contributed by atoms with Gasteiger partial charge in [-0.25, -0.2) is 4.98 Å². The minimum Gasteiger partial charge on any atom is -0.312 e. The highest BCUT2D eigenvalue weighted by atomic mass is 79.9. The fourth-order valence-corrected chi connectivity index (χ4v) is 3.08. The van der Waals surface area contributed by atoms with Crippen molar-refractivity contribution < 1.29 is 9.59 Å². The molecule has 1 aromatic heterocycles. The normalized spacial score (nSPS) is 17.4. The zero-order valence-corrected chi connectivity index (χ0v) is 15.2. The molecule has 5 nitrogen and oxygen atoms in total. The molecule has 1 atom stereocenters. The zero-order valence-electron chi connectivity index (χ0n) is 12.0. The minimum absolute atomic E-state index is 0.0491. The molecule has 7 heteroatoms. The molecule has 118 valence electrons. The number of rotatable bonds is 3. The van der Waals surface area contributed by atoms with E-state index in [2.05, 4.69) is 42.2 Å². The molecule has 1 aromatic carbocycles. The average Bonchev–Trinajstić information content (AvgIpc) is 2.92. The molecule has 0 saturated carbocycles. The first-order chi connectivity index (χ1) is 11.0. The number of carbonyl (C=O) groups is 2. The van der Waals surface area contributed by atoms with Crippen molar-refractivity contribution in [3.8, 4) is 0 Å². The summed E-state index contributed by atoms with van der Waals surface area (Å²) in [6.45, 7) is 0.373. The van der Waals surface area contributed by atoms with Crippen LogP contribution in [0.1, 0.15) is 6.42 Å². The first-order valence-electron chi connectivity index (χ1n) is 7.01. The number of carbonyl (C=O) groups excluding carboxylic acids is 2. The molecule has 1 aliphatic rings. The van der Waals surface area contributed by atoms with Gasteiger partial charge in [-0.3, -0.25) is 9.59 Å². The highest BCUT2D eigenvalue weighted by Gasteiger charge is 2.35. The Balaban J connectivity index is 1.69. The molecule has 1 unspecified atom stereocenters. The van der Waals surface area contributed by atoms with Gasteiger partial charge >= 0.3 is 0 Å². The van der Waals surface area contributed by atoms with Crippen LogP contribution in [0.2, 0.25) is 0 Å². The van der Waals surface area contributed by atoms with Crippen LogP contribution in [0.5, 0.6) is 0 Å². The van der Waals surface area contributed by atoms with E-state index in [9.17, 15) is 9.59 Å². The Bertz CT molecular complexity index is 749. The van der Waals surface area contributed by atoms with Gasteiger partial charge in [0.1, 0.15) is 5.82 Å². The van der Waals surface area contributed by atoms with E-state index in [1.165, 1.54) is 0 Å². The number of hydrogen-bond donors (Lipinski definition) is 1. The van der Waals surface area contributed by atoms with Gasteiger partial charge in [0.25, 0.3) is 0 Å². The largest absolute Gasteiger partial charge is 0.312 e. The Kier molecular flexibility index (Phi) is 4.77. The van der Waals surface area contributed by atoms with Gasteiger partial charge < -0.3 is 10.2 Å². The number of halogens is 2. The standard InChI is InChI=1S/C16H13Br2N3O2/c17-11-2-1-3-13(7-11)21-9-10(6-15(21)22)16(23)20-14-5-4-12(18)8-19-14/h1-5,7-8,10H,6,9H2,(H,19,20,23). The molecule has 3 rings (SSSR count). The molecule has 1 N–H and O–H groups in total. The summed E-state index contributed by atoms with van der Waals surface area (Å²) in [6.07, 6.45) is 1.82. The number of nitrogens with zero attached hydrogens (tertiary/aromatic N) is 2. The van der Waals surface area contributed by atoms with E-state index in [4.69, 9.17) is 0 Å². The zero-order chi connectivity index (χ0) is 16.4. The first-order valence-corrected chi connectivity index (χ1v) is 8.60. The van der Waals surface area contributed by atoms with Crippen LogP contribution in [0.25, 0.3) is 0 Å². The Morgan fingerprint density at radius 3 is 2.74 bits per heavy atom. The Morgan fingerprint density at radius 1 is 1.22 bits per heavy atom. The van der Waals surface area contributed by atoms with Crippen molar-refractivity contribution >= 4 is 55.2 Å². The lowest BCUT2D eigenvalue weighted by molar-refractivity contribution is -0.122. The van der Waals surface area contributed by atoms with Crippen molar-refractivity contribution in [2.24, 2.45) is 5.92 Å². The van der Waals surface area contributed by atoms with Crippen molar-refractivity contribution in [2.75, 3.05) is 16.8 Å². The molecule has 2 heterocycles. The summed E-state index contributed by atoms with van der Waals surface area (Å²) in [4.78, 5) is 30.3. The number of hydrogen-bond acceptors (Lipinski definition) is 3. The average molecular weight is 439 g/mol. The number of anilines is 2. The van der Waals surface area contributed by atoms with Crippen molar-refractivity contribution in [3.63, 3.8) is 0 Å². The minimum atomic E-state index is -0.382. The highest BCUT2D eigenvalue weighted by molar-refractivity contribution is 9.10. The summed E-state index contributed by atoms with van der Waals surface area (Å²) in [6, 6.07) is 11.0. The van der Waals surface area contributed by atoms with E-state index in [0.29, 0.717) is 12.4 Å². The summed E-state index contributed by atoms with van der Waals surface area (Å²) in [7, 11) is 0. The summed E-state index contributed by atoms with van der Waals surface area (Å²) >= 11 is 6.69. The van der Waals surface area contributed by atoms with Gasteiger partial charge in [0.2, 0.25) is 11.8 Å². The van der Waals surface area contributed by atoms with E-state index in [1.54, 1.807) is 23.2 Å². The van der Waals surface area contributed by atoms with Crippen molar-refractivity contribution in [1.82, 2.24) is 4.98 Å². The third-order valence-corrected chi connectivity index (χ3v) is 4.56. The van der Waals surface area contributed by atoms with Gasteiger partial charge in [0.05, 0.1) is 5.92 Å². The van der Waals surface area contributed by atoms with Crippen LogP contribution in [0.4, 0.5) is 11.5 Å². The van der Waals surface area contributed by atoms with Crippen molar-refractivity contribution in [2.45, 2.75) is 6.42 Å². The molecule has 2 aromatic rings. The SMILES string of the molecule is O=C(Nc1ccc(Br)cn1)C1CC(=O)N(c2cccc(Br)c2)C1. The molecule has 0 spiro atoms. The molecule has 0 aliphatic carbocycles. The predicted octanol–water partition coefficient (Wildman–Crippen LogP) is 3.60. The summed E-state index contributed by atoms with van der Waals surface area (Å²) in [5.74, 6) is -0.142. The molecule has 23 heavy (non-hydrogen) atoms. The monoisotopic (exact) mass is 437 g/mol. The lowest BCUT2D eigenvalue weighted by Crippen LogP contribution is -2.28. The van der Waals surface area contributed by atoms with Gasteiger partial charge in [0, 0.05) is 33.8 Å². The van der Waals surface area contributed by atoms with Gasteiger partial charge in [-0.05, 0) is 46.3 Å². The first kappa shape index (κ1) is 16.1. The van der Waals surface area contributed by atoms with Crippen LogP contribution in [-0.2, 0) is 9.59 Å². The van der Waals surface area contributed by atoms with Gasteiger partial charge in [-0.2, -0.15) is 0 Å². The fraction of sp³-hybridized carbons (Fsp3) is 0.188. The van der Waals surface area contributed by atoms with E-state index in [-0.39, 0.29) is 24.2 Å². The second-order valence-electron chi connectivity index (χ2n) is 5.24. The van der Waals surface area contributed by atoms with Gasteiger partial charge in [-0.15, -0.1) is 0 Å². The second-order valence-corrected chi connectivity index (χ2v) is 7.07. The maximum Gasteiger partial charge on any atom is 0.230 e. The number of amides is 2. The summed E-state index contributed by atoms with van der Waals surface area (Å²) in [5, 5.41) is 2.76. The number of benzene rings is 1. The van der Waals surface area contributed by atoms with Crippen LogP contribution in [-0.4, -0.2) is 23.3 Å². The van der Waals surface area contributed by atoms with Crippen LogP contribution in [0.3, 0.4) is 0 Å². The number of aromatic nitrogens is 1. The van der Waals surface area contributed by atoms with Crippen LogP contribution in [0.15, 0.2) is 51.5 Å². The lowest BCUT2D eigenvalue weighted by Gasteiger charge is -2.17. The molecular formula is C16H13Br2N3O2. The van der Waals surface area contributed by atoms with Crippen LogP contribution >= 0.6 is 31.9 Å². The quantitative estimate of drug-likeness (QED) is 0.796. The van der Waals surface area contributed by atoms with E-state index >= 15 is 0 Å². The number of pyridine rings is 1. The third kappa shape index (κ3) is 3.79. The molecular weight excluding hydrogens is 426 g/mol. The molecule has 0 radical (unpaired) electrons. The topological polar surface area (TPSA) is 62.3 Å². The van der Waals surface area contributed by atoms with Crippen molar-refractivity contribution in [3.05, 3.63) is 51.5 Å². The maximum absolute atomic E-state index is 12.3. The molecule has 2 amide bonds. The van der Waals surface area contributed by atoms with E-state index < -0.39 is 0 Å². The Morgan fingerprint density at radius 2 is 2.04 bits per heavy atom. The van der Waals surface area contributed by atoms with Gasteiger partial charge in [0.15, 0.2) is 0 Å². The molecule has 1 fully saturated rings. The van der Waals surface area contributed by atoms with Gasteiger partial charge in [-0.1, -0.05) is 22.0 Å². The van der Waals surface area contributed by atoms with E-state index in [0.717, 1.165) is 14.6 Å². The maximum atomic E-state index is 12.3.